The zero-order chi connectivity index (χ0) is 19.9. The van der Waals surface area contributed by atoms with Crippen LogP contribution < -0.4 is 0 Å². The van der Waals surface area contributed by atoms with Crippen LogP contribution in [-0.2, 0) is 0 Å². The molecule has 0 N–H and O–H groups in total. The maximum Gasteiger partial charge on any atom is 0.0995 e. The molecule has 0 aliphatic carbocycles. The molecule has 6 aromatic rings. The molecule has 1 heterocycles. The second-order valence-electron chi connectivity index (χ2n) is 7.89. The van der Waals surface area contributed by atoms with E-state index in [1.54, 1.807) is 0 Å². The fourth-order valence-corrected chi connectivity index (χ4v) is 4.77. The fraction of sp³-hybridized carbons (Fsp3) is 0.115. The van der Waals surface area contributed by atoms with Crippen LogP contribution in [0.15, 0.2) is 48.5 Å². The van der Waals surface area contributed by atoms with Crippen molar-refractivity contribution in [1.29, 1.82) is 5.26 Å². The van der Waals surface area contributed by atoms with Crippen LogP contribution in [0.4, 0.5) is 0 Å². The van der Waals surface area contributed by atoms with Crippen molar-refractivity contribution >= 4 is 54.4 Å². The molecule has 3 heteroatoms. The number of fused-ring (bicyclic) bond motifs is 4. The predicted octanol–water partition coefficient (Wildman–Crippen LogP) is 6.48. The maximum atomic E-state index is 9.43. The molecule has 0 saturated heterocycles. The normalized spacial score (nSPS) is 11.9. The first-order valence-electron chi connectivity index (χ1n) is 9.76. The van der Waals surface area contributed by atoms with Gasteiger partial charge in [0.1, 0.15) is 0 Å². The van der Waals surface area contributed by atoms with E-state index >= 15 is 0 Å². The smallest absolute Gasteiger partial charge is 0.0995 e. The molecule has 0 amide bonds. The Morgan fingerprint density at radius 1 is 0.690 bits per heavy atom. The average molecular weight is 371 g/mol. The van der Waals surface area contributed by atoms with Crippen LogP contribution in [0.1, 0.15) is 22.3 Å². The van der Waals surface area contributed by atoms with E-state index in [1.807, 2.05) is 19.1 Å². The average Bonchev–Trinajstić information content (AvgIpc) is 2.75. The minimum absolute atomic E-state index is 0.648. The second kappa shape index (κ2) is 5.40. The third-order valence-electron chi connectivity index (χ3n) is 6.39. The lowest BCUT2D eigenvalue weighted by Crippen LogP contribution is -1.96. The summed E-state index contributed by atoms with van der Waals surface area (Å²) in [6, 6.07) is 19.0. The maximum absolute atomic E-state index is 9.43. The van der Waals surface area contributed by atoms with Gasteiger partial charge in [-0.15, -0.1) is 0 Å². The largest absolute Gasteiger partial charge is 0.244 e. The Bertz CT molecular complexity index is 1690. The van der Waals surface area contributed by atoms with Crippen molar-refractivity contribution in [2.75, 3.05) is 0 Å². The summed E-state index contributed by atoms with van der Waals surface area (Å²) in [5.41, 5.74) is 7.63. The molecule has 0 bridgehead atoms. The lowest BCUT2D eigenvalue weighted by Gasteiger charge is -2.18. The van der Waals surface area contributed by atoms with Crippen molar-refractivity contribution in [2.45, 2.75) is 20.8 Å². The SMILES string of the molecule is Cc1cc2nc3c4cccc5c(C)c(C)c6cccc(c3nc2cc1C#N)c6c54. The van der Waals surface area contributed by atoms with Crippen molar-refractivity contribution in [3.63, 3.8) is 0 Å². The third-order valence-corrected chi connectivity index (χ3v) is 6.39. The summed E-state index contributed by atoms with van der Waals surface area (Å²) in [6.07, 6.45) is 0. The number of aryl methyl sites for hydroxylation is 3. The monoisotopic (exact) mass is 371 g/mol. The number of hydrogen-bond donors (Lipinski definition) is 0. The molecule has 0 radical (unpaired) electrons. The molecule has 0 saturated carbocycles. The van der Waals surface area contributed by atoms with Gasteiger partial charge >= 0.3 is 0 Å². The molecule has 136 valence electrons. The standard InChI is InChI=1S/C26H17N3/c1-13-10-21-22(11-16(13)12-27)29-26-20-9-5-7-18-15(3)14(2)17-6-4-8-19(25(26)28-21)23(17)24(18)20/h4-11H,1-3H3. The number of nitriles is 1. The molecule has 3 nitrogen and oxygen atoms in total. The lowest BCUT2D eigenvalue weighted by molar-refractivity contribution is 1.36. The Hall–Kier alpha value is -3.77. The van der Waals surface area contributed by atoms with Crippen LogP contribution in [0.2, 0.25) is 0 Å². The van der Waals surface area contributed by atoms with Crippen LogP contribution in [0.3, 0.4) is 0 Å². The highest BCUT2D eigenvalue weighted by atomic mass is 14.8. The number of nitrogens with zero attached hydrogens (tertiary/aromatic N) is 3. The van der Waals surface area contributed by atoms with Crippen LogP contribution >= 0.6 is 0 Å². The predicted molar refractivity (Wildman–Crippen MR) is 120 cm³/mol. The van der Waals surface area contributed by atoms with Crippen molar-refractivity contribution < 1.29 is 0 Å². The second-order valence-corrected chi connectivity index (χ2v) is 7.89. The molecule has 1 aromatic heterocycles. The molecule has 0 aliphatic heterocycles. The van der Waals surface area contributed by atoms with Crippen molar-refractivity contribution in [3.8, 4) is 6.07 Å². The first-order chi connectivity index (χ1) is 14.1. The molecule has 0 aliphatic rings. The molecular formula is C26H17N3. The molecule has 29 heavy (non-hydrogen) atoms. The summed E-state index contributed by atoms with van der Waals surface area (Å²) < 4.78 is 0. The van der Waals surface area contributed by atoms with Crippen LogP contribution in [0, 0.1) is 32.1 Å². The van der Waals surface area contributed by atoms with Crippen molar-refractivity contribution in [3.05, 3.63) is 70.8 Å². The van der Waals surface area contributed by atoms with Crippen LogP contribution in [-0.4, -0.2) is 9.97 Å². The van der Waals surface area contributed by atoms with Gasteiger partial charge < -0.3 is 0 Å². The van der Waals surface area contributed by atoms with E-state index in [4.69, 9.17) is 9.97 Å². The highest BCUT2D eigenvalue weighted by Gasteiger charge is 2.18. The van der Waals surface area contributed by atoms with E-state index in [9.17, 15) is 5.26 Å². The van der Waals surface area contributed by atoms with Gasteiger partial charge in [-0.05, 0) is 71.1 Å². The quantitative estimate of drug-likeness (QED) is 0.227. The summed E-state index contributed by atoms with van der Waals surface area (Å²) in [4.78, 5) is 10.1. The minimum Gasteiger partial charge on any atom is -0.244 e. The van der Waals surface area contributed by atoms with E-state index in [2.05, 4.69) is 56.3 Å². The molecular weight excluding hydrogens is 354 g/mol. The van der Waals surface area contributed by atoms with Crippen molar-refractivity contribution in [1.82, 2.24) is 9.97 Å². The molecule has 6 rings (SSSR count). The number of aromatic nitrogens is 2. The Labute approximate surface area is 167 Å². The Kier molecular flexibility index (Phi) is 3.02. The fourth-order valence-electron chi connectivity index (χ4n) is 4.77. The topological polar surface area (TPSA) is 49.6 Å². The summed E-state index contributed by atoms with van der Waals surface area (Å²) in [5.74, 6) is 0. The highest BCUT2D eigenvalue weighted by molar-refractivity contribution is 6.33. The Balaban J connectivity index is 1.97. The highest BCUT2D eigenvalue weighted by Crippen LogP contribution is 2.42. The van der Waals surface area contributed by atoms with E-state index in [1.165, 1.54) is 32.7 Å². The first-order valence-corrected chi connectivity index (χ1v) is 9.76. The molecule has 0 atom stereocenters. The van der Waals surface area contributed by atoms with Gasteiger partial charge in [0, 0.05) is 10.8 Å². The third kappa shape index (κ3) is 1.96. The van der Waals surface area contributed by atoms with Gasteiger partial charge in [0.15, 0.2) is 0 Å². The van der Waals surface area contributed by atoms with Gasteiger partial charge in [0.05, 0.1) is 33.7 Å². The van der Waals surface area contributed by atoms with Gasteiger partial charge in [0.25, 0.3) is 0 Å². The molecule has 0 unspecified atom stereocenters. The van der Waals surface area contributed by atoms with Crippen LogP contribution in [0.5, 0.6) is 0 Å². The lowest BCUT2D eigenvalue weighted by atomic mass is 9.87. The van der Waals surface area contributed by atoms with E-state index in [0.717, 1.165) is 38.4 Å². The minimum atomic E-state index is 0.648. The van der Waals surface area contributed by atoms with E-state index < -0.39 is 0 Å². The molecule has 0 fully saturated rings. The van der Waals surface area contributed by atoms with Gasteiger partial charge in [-0.1, -0.05) is 36.4 Å². The summed E-state index contributed by atoms with van der Waals surface area (Å²) in [6.45, 7) is 6.35. The van der Waals surface area contributed by atoms with Gasteiger partial charge in [-0.25, -0.2) is 9.97 Å². The number of benzene rings is 5. The van der Waals surface area contributed by atoms with Gasteiger partial charge in [-0.2, -0.15) is 5.26 Å². The van der Waals surface area contributed by atoms with Crippen molar-refractivity contribution in [2.24, 2.45) is 0 Å². The van der Waals surface area contributed by atoms with Crippen LogP contribution in [0.25, 0.3) is 54.4 Å². The molecule has 5 aromatic carbocycles. The summed E-state index contributed by atoms with van der Waals surface area (Å²) >= 11 is 0. The summed E-state index contributed by atoms with van der Waals surface area (Å²) in [5, 5.41) is 16.8. The number of rotatable bonds is 0. The van der Waals surface area contributed by atoms with Gasteiger partial charge in [-0.3, -0.25) is 0 Å². The zero-order valence-corrected chi connectivity index (χ0v) is 16.5. The Morgan fingerprint density at radius 3 is 1.69 bits per heavy atom. The molecule has 0 spiro atoms. The zero-order valence-electron chi connectivity index (χ0n) is 16.5. The summed E-state index contributed by atoms with van der Waals surface area (Å²) in [7, 11) is 0. The van der Waals surface area contributed by atoms with Gasteiger partial charge in [0.2, 0.25) is 0 Å². The van der Waals surface area contributed by atoms with E-state index in [-0.39, 0.29) is 0 Å². The van der Waals surface area contributed by atoms with E-state index in [0.29, 0.717) is 5.56 Å². The Morgan fingerprint density at radius 2 is 1.17 bits per heavy atom. The first kappa shape index (κ1) is 16.2. The number of hydrogen-bond acceptors (Lipinski definition) is 3.